The average molecular weight is 320 g/mol. The lowest BCUT2D eigenvalue weighted by atomic mass is 9.99. The molecule has 3 rings (SSSR count). The van der Waals surface area contributed by atoms with E-state index in [9.17, 15) is 9.90 Å². The monoisotopic (exact) mass is 320 g/mol. The van der Waals surface area contributed by atoms with Crippen LogP contribution in [-0.2, 0) is 4.79 Å². The van der Waals surface area contributed by atoms with Crippen molar-refractivity contribution in [3.05, 3.63) is 24.3 Å². The van der Waals surface area contributed by atoms with Gasteiger partial charge < -0.3 is 15.3 Å². The third-order valence-electron chi connectivity index (χ3n) is 4.68. The zero-order valence-electron chi connectivity index (χ0n) is 13.0. The highest BCUT2D eigenvalue weighted by atomic mass is 32.2. The van der Waals surface area contributed by atoms with Crippen LogP contribution in [0.25, 0.3) is 0 Å². The minimum absolute atomic E-state index is 0.276. The topological polar surface area (TPSA) is 52.6 Å². The highest BCUT2D eigenvalue weighted by Crippen LogP contribution is 2.30. The van der Waals surface area contributed by atoms with Gasteiger partial charge in [-0.3, -0.25) is 4.79 Å². The average Bonchev–Trinajstić information content (AvgIpc) is 2.96. The maximum atomic E-state index is 12.3. The molecule has 120 valence electrons. The third-order valence-corrected chi connectivity index (χ3v) is 5.85. The van der Waals surface area contributed by atoms with Gasteiger partial charge in [-0.2, -0.15) is 11.8 Å². The van der Waals surface area contributed by atoms with Crippen LogP contribution in [0.15, 0.2) is 24.3 Å². The molecular formula is C17H24N2O2S. The van der Waals surface area contributed by atoms with Crippen LogP contribution in [0.5, 0.6) is 0 Å². The van der Waals surface area contributed by atoms with E-state index in [1.807, 2.05) is 18.2 Å². The number of hydrogen-bond acceptors (Lipinski definition) is 4. The molecule has 0 radical (unpaired) electrons. The summed E-state index contributed by atoms with van der Waals surface area (Å²) >= 11 is 1.63. The Morgan fingerprint density at radius 1 is 1.41 bits per heavy atom. The summed E-state index contributed by atoms with van der Waals surface area (Å²) in [6.45, 7) is 4.44. The summed E-state index contributed by atoms with van der Waals surface area (Å²) in [4.78, 5) is 14.6. The molecule has 0 spiro atoms. The zero-order chi connectivity index (χ0) is 15.6. The van der Waals surface area contributed by atoms with Gasteiger partial charge in [0.15, 0.2) is 5.60 Å². The van der Waals surface area contributed by atoms with Crippen molar-refractivity contribution in [1.82, 2.24) is 0 Å². The number of benzene rings is 1. The molecule has 1 unspecified atom stereocenters. The molecule has 5 heteroatoms. The number of carbonyl (C=O) groups excluding carboxylic acids is 1. The van der Waals surface area contributed by atoms with Gasteiger partial charge in [0.05, 0.1) is 0 Å². The first-order valence-electron chi connectivity index (χ1n) is 8.03. The van der Waals surface area contributed by atoms with E-state index in [0.717, 1.165) is 36.1 Å². The summed E-state index contributed by atoms with van der Waals surface area (Å²) in [5.41, 5.74) is 0.713. The number of hydrogen-bond donors (Lipinski definition) is 2. The molecule has 2 heterocycles. The fraction of sp³-hybridized carbons (Fsp3) is 0.588. The predicted octanol–water partition coefficient (Wildman–Crippen LogP) is 2.73. The Kier molecular flexibility index (Phi) is 4.64. The second-order valence-electron chi connectivity index (χ2n) is 6.51. The molecule has 2 saturated heterocycles. The molecule has 1 atom stereocenters. The van der Waals surface area contributed by atoms with Crippen molar-refractivity contribution >= 4 is 29.0 Å². The first kappa shape index (κ1) is 15.7. The van der Waals surface area contributed by atoms with Crippen molar-refractivity contribution < 1.29 is 9.90 Å². The van der Waals surface area contributed by atoms with Gasteiger partial charge in [-0.1, -0.05) is 13.0 Å². The van der Waals surface area contributed by atoms with Crippen LogP contribution in [0, 0.1) is 5.92 Å². The van der Waals surface area contributed by atoms with Crippen LogP contribution in [0.4, 0.5) is 11.4 Å². The van der Waals surface area contributed by atoms with E-state index in [0.29, 0.717) is 12.2 Å². The predicted molar refractivity (Wildman–Crippen MR) is 92.6 cm³/mol. The second-order valence-corrected chi connectivity index (χ2v) is 7.61. The summed E-state index contributed by atoms with van der Waals surface area (Å²) < 4.78 is 0. The lowest BCUT2D eigenvalue weighted by Crippen LogP contribution is -2.42. The number of rotatable bonds is 3. The van der Waals surface area contributed by atoms with Crippen LogP contribution < -0.4 is 10.2 Å². The van der Waals surface area contributed by atoms with Crippen molar-refractivity contribution in [2.75, 3.05) is 34.8 Å². The molecule has 1 aromatic rings. The molecule has 0 bridgehead atoms. The fourth-order valence-corrected chi connectivity index (χ4v) is 4.27. The lowest BCUT2D eigenvalue weighted by Gasteiger charge is -2.32. The summed E-state index contributed by atoms with van der Waals surface area (Å²) in [5.74, 6) is 1.86. The maximum Gasteiger partial charge on any atom is 0.257 e. The number of carbonyl (C=O) groups is 1. The number of amides is 1. The van der Waals surface area contributed by atoms with Crippen molar-refractivity contribution in [1.29, 1.82) is 0 Å². The largest absolute Gasteiger partial charge is 0.379 e. The Labute approximate surface area is 136 Å². The van der Waals surface area contributed by atoms with Crippen LogP contribution in [0.3, 0.4) is 0 Å². The Morgan fingerprint density at radius 2 is 2.18 bits per heavy atom. The molecule has 2 N–H and O–H groups in total. The summed E-state index contributed by atoms with van der Waals surface area (Å²) in [6.07, 6.45) is 2.97. The normalized spacial score (nSPS) is 26.2. The number of nitrogens with zero attached hydrogens (tertiary/aromatic N) is 1. The number of aliphatic hydroxyl groups is 1. The van der Waals surface area contributed by atoms with Gasteiger partial charge in [-0.05, 0) is 49.1 Å². The number of nitrogens with one attached hydrogen (secondary N) is 1. The highest BCUT2D eigenvalue weighted by Gasteiger charge is 2.39. The van der Waals surface area contributed by atoms with Crippen molar-refractivity contribution in [2.45, 2.75) is 31.8 Å². The summed E-state index contributed by atoms with van der Waals surface area (Å²) in [6, 6.07) is 7.96. The van der Waals surface area contributed by atoms with E-state index in [2.05, 4.69) is 23.2 Å². The van der Waals surface area contributed by atoms with Crippen LogP contribution in [0.2, 0.25) is 0 Å². The van der Waals surface area contributed by atoms with E-state index in [1.165, 1.54) is 12.8 Å². The van der Waals surface area contributed by atoms with Crippen LogP contribution in [0.1, 0.15) is 26.2 Å². The van der Waals surface area contributed by atoms with Gasteiger partial charge in [0.25, 0.3) is 5.91 Å². The van der Waals surface area contributed by atoms with Crippen LogP contribution in [-0.4, -0.2) is 41.2 Å². The molecule has 2 aliphatic heterocycles. The Bertz CT molecular complexity index is 535. The van der Waals surface area contributed by atoms with Gasteiger partial charge >= 0.3 is 0 Å². The van der Waals surface area contributed by atoms with Crippen molar-refractivity contribution in [2.24, 2.45) is 5.92 Å². The van der Waals surface area contributed by atoms with E-state index >= 15 is 0 Å². The molecule has 0 saturated carbocycles. The van der Waals surface area contributed by atoms with Gasteiger partial charge in [0.1, 0.15) is 0 Å². The lowest BCUT2D eigenvalue weighted by molar-refractivity contribution is -0.131. The van der Waals surface area contributed by atoms with Crippen molar-refractivity contribution in [3.8, 4) is 0 Å². The number of anilines is 2. The minimum atomic E-state index is -1.21. The quantitative estimate of drug-likeness (QED) is 0.899. The smallest absolute Gasteiger partial charge is 0.257 e. The van der Waals surface area contributed by atoms with Gasteiger partial charge in [-0.15, -0.1) is 0 Å². The standard InChI is InChI=1S/C17H24N2O2S/c1-13-5-8-19(9-6-13)15-4-2-3-14(11-15)18-16(20)17(21)7-10-22-12-17/h2-4,11,13,21H,5-10,12H2,1H3,(H,18,20). The molecule has 2 aliphatic rings. The van der Waals surface area contributed by atoms with Crippen molar-refractivity contribution in [3.63, 3.8) is 0 Å². The SMILES string of the molecule is CC1CCN(c2cccc(NC(=O)C3(O)CCSC3)c2)CC1. The molecule has 0 aromatic heterocycles. The van der Waals surface area contributed by atoms with Gasteiger partial charge in [0, 0.05) is 30.2 Å². The molecule has 0 aliphatic carbocycles. The third kappa shape index (κ3) is 3.41. The first-order valence-corrected chi connectivity index (χ1v) is 9.19. The molecular weight excluding hydrogens is 296 g/mol. The molecule has 22 heavy (non-hydrogen) atoms. The molecule has 4 nitrogen and oxygen atoms in total. The van der Waals surface area contributed by atoms with E-state index in [4.69, 9.17) is 0 Å². The maximum absolute atomic E-state index is 12.3. The van der Waals surface area contributed by atoms with E-state index < -0.39 is 5.60 Å². The highest BCUT2D eigenvalue weighted by molar-refractivity contribution is 7.99. The summed E-state index contributed by atoms with van der Waals surface area (Å²) in [5, 5.41) is 13.2. The first-order chi connectivity index (χ1) is 10.6. The molecule has 1 amide bonds. The van der Waals surface area contributed by atoms with Gasteiger partial charge in [0.2, 0.25) is 0 Å². The molecule has 1 aromatic carbocycles. The van der Waals surface area contributed by atoms with E-state index in [-0.39, 0.29) is 5.91 Å². The number of thioether (sulfide) groups is 1. The zero-order valence-corrected chi connectivity index (χ0v) is 13.9. The summed E-state index contributed by atoms with van der Waals surface area (Å²) in [7, 11) is 0. The Morgan fingerprint density at radius 3 is 2.86 bits per heavy atom. The second kappa shape index (κ2) is 6.50. The van der Waals surface area contributed by atoms with E-state index in [1.54, 1.807) is 11.8 Å². The van der Waals surface area contributed by atoms with Gasteiger partial charge in [-0.25, -0.2) is 0 Å². The van der Waals surface area contributed by atoms with Crippen LogP contribution >= 0.6 is 11.8 Å². The minimum Gasteiger partial charge on any atom is -0.379 e. The number of piperidine rings is 1. The molecule has 2 fully saturated rings. The Hall–Kier alpha value is -1.20. The Balaban J connectivity index is 1.67. The fourth-order valence-electron chi connectivity index (χ4n) is 3.03.